The van der Waals surface area contributed by atoms with Crippen LogP contribution in [-0.4, -0.2) is 32.0 Å². The molecule has 0 bridgehead atoms. The van der Waals surface area contributed by atoms with Crippen molar-refractivity contribution >= 4 is 5.91 Å². The van der Waals surface area contributed by atoms with E-state index in [1.165, 1.54) is 17.5 Å². The van der Waals surface area contributed by atoms with Crippen LogP contribution in [0.25, 0.3) is 0 Å². The molecule has 4 atom stereocenters. The molecule has 4 unspecified atom stereocenters. The van der Waals surface area contributed by atoms with Gasteiger partial charge in [-0.1, -0.05) is 18.6 Å². The third-order valence-electron chi connectivity index (χ3n) is 6.43. The number of aryl methyl sites for hydroxylation is 1. The Hall–Kier alpha value is -1.85. The number of methoxy groups -OCH3 is 1. The normalized spacial score (nSPS) is 27.2. The smallest absolute Gasteiger partial charge is 0.223 e. The van der Waals surface area contributed by atoms with Crippen LogP contribution < -0.4 is 10.1 Å². The second-order valence-electron chi connectivity index (χ2n) is 8.20. The highest BCUT2D eigenvalue weighted by atomic mass is 16.7. The van der Waals surface area contributed by atoms with E-state index < -0.39 is 0 Å². The highest BCUT2D eigenvalue weighted by Gasteiger charge is 2.43. The summed E-state index contributed by atoms with van der Waals surface area (Å²) in [5.41, 5.74) is 2.51. The second-order valence-corrected chi connectivity index (χ2v) is 8.20. The van der Waals surface area contributed by atoms with E-state index in [4.69, 9.17) is 14.2 Å². The Bertz CT molecular complexity index is 715. The molecule has 1 N–H and O–H groups in total. The standard InChI is InChI=1S/C23H31NO4/c1-3-5-17(12-13-24-22(25)16-6-4-7-16)23-27-20-11-9-15-8-10-18(26-2)14-19(15)21(20)28-23/h3,8,10,14,16-17,20-21,23H,1,4-7,9,11-13H2,2H3,(H,24,25). The van der Waals surface area contributed by atoms with Crippen LogP contribution >= 0.6 is 0 Å². The molecule has 28 heavy (non-hydrogen) atoms. The molecule has 3 aliphatic rings. The molecular weight excluding hydrogens is 354 g/mol. The van der Waals surface area contributed by atoms with Crippen molar-refractivity contribution in [3.63, 3.8) is 0 Å². The molecule has 0 aromatic heterocycles. The van der Waals surface area contributed by atoms with Crippen molar-refractivity contribution in [2.45, 2.75) is 63.4 Å². The molecule has 5 nitrogen and oxygen atoms in total. The number of carbonyl (C=O) groups is 1. The lowest BCUT2D eigenvalue weighted by molar-refractivity contribution is -0.128. The lowest BCUT2D eigenvalue weighted by atomic mass is 9.85. The quantitative estimate of drug-likeness (QED) is 0.689. The summed E-state index contributed by atoms with van der Waals surface area (Å²) in [5.74, 6) is 1.48. The fraction of sp³-hybridized carbons (Fsp3) is 0.609. The highest BCUT2D eigenvalue weighted by Crippen LogP contribution is 2.44. The van der Waals surface area contributed by atoms with Gasteiger partial charge in [0.15, 0.2) is 6.29 Å². The first-order chi connectivity index (χ1) is 13.7. The number of rotatable bonds is 8. The van der Waals surface area contributed by atoms with Gasteiger partial charge in [-0.25, -0.2) is 0 Å². The summed E-state index contributed by atoms with van der Waals surface area (Å²) in [6, 6.07) is 6.23. The zero-order chi connectivity index (χ0) is 19.5. The Morgan fingerprint density at radius 2 is 2.21 bits per heavy atom. The highest BCUT2D eigenvalue weighted by molar-refractivity contribution is 5.79. The van der Waals surface area contributed by atoms with E-state index in [1.54, 1.807) is 7.11 Å². The van der Waals surface area contributed by atoms with Gasteiger partial charge in [0.2, 0.25) is 5.91 Å². The first-order valence-corrected chi connectivity index (χ1v) is 10.6. The number of hydrogen-bond donors (Lipinski definition) is 1. The SMILES string of the molecule is C=CCC(CCNC(=O)C1CCC1)C1OC2CCc3ccc(OC)cc3C2O1. The lowest BCUT2D eigenvalue weighted by Crippen LogP contribution is -2.36. The number of hydrogen-bond acceptors (Lipinski definition) is 4. The fourth-order valence-electron chi connectivity index (χ4n) is 4.49. The molecule has 1 saturated carbocycles. The van der Waals surface area contributed by atoms with Gasteiger partial charge in [0.1, 0.15) is 11.9 Å². The van der Waals surface area contributed by atoms with Gasteiger partial charge in [0.25, 0.3) is 0 Å². The van der Waals surface area contributed by atoms with Crippen LogP contribution in [0.2, 0.25) is 0 Å². The summed E-state index contributed by atoms with van der Waals surface area (Å²) < 4.78 is 18.1. The van der Waals surface area contributed by atoms with Crippen LogP contribution in [0, 0.1) is 11.8 Å². The molecule has 5 heteroatoms. The van der Waals surface area contributed by atoms with Crippen LogP contribution in [-0.2, 0) is 20.7 Å². The molecule has 4 rings (SSSR count). The van der Waals surface area contributed by atoms with Crippen LogP contribution in [0.4, 0.5) is 0 Å². The van der Waals surface area contributed by atoms with E-state index in [9.17, 15) is 4.79 Å². The minimum atomic E-state index is -0.259. The van der Waals surface area contributed by atoms with Gasteiger partial charge in [-0.15, -0.1) is 6.58 Å². The average Bonchev–Trinajstić information content (AvgIpc) is 3.10. The number of ether oxygens (including phenoxy) is 3. The number of allylic oxidation sites excluding steroid dienone is 1. The molecule has 1 aliphatic heterocycles. The summed E-state index contributed by atoms with van der Waals surface area (Å²) in [7, 11) is 1.69. The largest absolute Gasteiger partial charge is 0.497 e. The van der Waals surface area contributed by atoms with Crippen molar-refractivity contribution < 1.29 is 19.0 Å². The number of carbonyl (C=O) groups excluding carboxylic acids is 1. The first kappa shape index (κ1) is 19.5. The molecule has 2 aliphatic carbocycles. The fourth-order valence-corrected chi connectivity index (χ4v) is 4.49. The van der Waals surface area contributed by atoms with E-state index in [0.717, 1.165) is 44.3 Å². The van der Waals surface area contributed by atoms with Crippen LogP contribution in [0.15, 0.2) is 30.9 Å². The molecule has 1 aromatic rings. The molecule has 1 heterocycles. The molecule has 1 aromatic carbocycles. The van der Waals surface area contributed by atoms with Gasteiger partial charge >= 0.3 is 0 Å². The number of benzene rings is 1. The topological polar surface area (TPSA) is 56.8 Å². The van der Waals surface area contributed by atoms with Crippen LogP contribution in [0.3, 0.4) is 0 Å². The Labute approximate surface area is 167 Å². The number of fused-ring (bicyclic) bond motifs is 3. The molecule has 0 radical (unpaired) electrons. The van der Waals surface area contributed by atoms with Gasteiger partial charge in [0.05, 0.1) is 13.2 Å². The van der Waals surface area contributed by atoms with Gasteiger partial charge in [-0.05, 0) is 61.8 Å². The third-order valence-corrected chi connectivity index (χ3v) is 6.43. The van der Waals surface area contributed by atoms with Crippen molar-refractivity contribution in [1.82, 2.24) is 5.32 Å². The zero-order valence-electron chi connectivity index (χ0n) is 16.7. The summed E-state index contributed by atoms with van der Waals surface area (Å²) in [5, 5.41) is 3.09. The second kappa shape index (κ2) is 8.66. The van der Waals surface area contributed by atoms with Gasteiger partial charge in [-0.2, -0.15) is 0 Å². The summed E-state index contributed by atoms with van der Waals surface area (Å²) in [4.78, 5) is 12.1. The maximum Gasteiger partial charge on any atom is 0.223 e. The maximum absolute atomic E-state index is 12.1. The Morgan fingerprint density at radius 3 is 2.93 bits per heavy atom. The Morgan fingerprint density at radius 1 is 1.36 bits per heavy atom. The van der Waals surface area contributed by atoms with E-state index in [0.29, 0.717) is 6.54 Å². The minimum Gasteiger partial charge on any atom is -0.497 e. The third kappa shape index (κ3) is 3.96. The lowest BCUT2D eigenvalue weighted by Gasteiger charge is -2.26. The molecule has 1 amide bonds. The van der Waals surface area contributed by atoms with Crippen LogP contribution in [0.5, 0.6) is 5.75 Å². The average molecular weight is 386 g/mol. The van der Waals surface area contributed by atoms with Gasteiger partial charge in [-0.3, -0.25) is 4.79 Å². The van der Waals surface area contributed by atoms with Crippen molar-refractivity contribution in [2.75, 3.05) is 13.7 Å². The van der Waals surface area contributed by atoms with E-state index >= 15 is 0 Å². The molecular formula is C23H31NO4. The Kier molecular flexibility index (Phi) is 6.02. The summed E-state index contributed by atoms with van der Waals surface area (Å²) in [6.45, 7) is 4.56. The zero-order valence-corrected chi connectivity index (χ0v) is 16.7. The van der Waals surface area contributed by atoms with Crippen molar-refractivity contribution in [3.8, 4) is 5.75 Å². The number of nitrogens with one attached hydrogen (secondary N) is 1. The maximum atomic E-state index is 12.1. The predicted molar refractivity (Wildman–Crippen MR) is 107 cm³/mol. The molecule has 0 spiro atoms. The molecule has 2 fully saturated rings. The summed E-state index contributed by atoms with van der Waals surface area (Å²) >= 11 is 0. The van der Waals surface area contributed by atoms with Gasteiger partial charge in [0, 0.05) is 18.4 Å². The van der Waals surface area contributed by atoms with Crippen molar-refractivity contribution in [2.24, 2.45) is 11.8 Å². The van der Waals surface area contributed by atoms with Gasteiger partial charge < -0.3 is 19.5 Å². The van der Waals surface area contributed by atoms with E-state index in [1.807, 2.05) is 12.1 Å². The van der Waals surface area contributed by atoms with E-state index in [-0.39, 0.29) is 36.2 Å². The monoisotopic (exact) mass is 385 g/mol. The minimum absolute atomic E-state index is 0.0410. The molecule has 152 valence electrons. The Balaban J connectivity index is 1.38. The summed E-state index contributed by atoms with van der Waals surface area (Å²) in [6.07, 6.45) is 8.56. The number of amides is 1. The van der Waals surface area contributed by atoms with E-state index in [2.05, 4.69) is 24.0 Å². The van der Waals surface area contributed by atoms with Crippen LogP contribution in [0.1, 0.15) is 55.8 Å². The predicted octanol–water partition coefficient (Wildman–Crippen LogP) is 3.92. The van der Waals surface area contributed by atoms with Crippen molar-refractivity contribution in [1.29, 1.82) is 0 Å². The van der Waals surface area contributed by atoms with Crippen molar-refractivity contribution in [3.05, 3.63) is 42.0 Å². The molecule has 1 saturated heterocycles. The first-order valence-electron chi connectivity index (χ1n) is 10.6.